The lowest BCUT2D eigenvalue weighted by Crippen LogP contribution is -2.30. The van der Waals surface area contributed by atoms with Gasteiger partial charge in [0, 0.05) is 18.4 Å². The van der Waals surface area contributed by atoms with E-state index in [-0.39, 0.29) is 11.6 Å². The third-order valence-corrected chi connectivity index (χ3v) is 6.52. The minimum absolute atomic E-state index is 0.227. The second-order valence-corrected chi connectivity index (χ2v) is 9.37. The van der Waals surface area contributed by atoms with Gasteiger partial charge in [-0.05, 0) is 40.8 Å². The van der Waals surface area contributed by atoms with Gasteiger partial charge in [0.25, 0.3) is 5.91 Å². The summed E-state index contributed by atoms with van der Waals surface area (Å²) in [5.41, 5.74) is 3.59. The van der Waals surface area contributed by atoms with Crippen LogP contribution in [-0.4, -0.2) is 40.9 Å². The topological polar surface area (TPSA) is 111 Å². The Bertz CT molecular complexity index is 1340. The number of aryl methyl sites for hydroxylation is 1. The number of carbonyl (C=O) groups excluding carboxylic acids is 1. The molecule has 37 heavy (non-hydrogen) atoms. The largest absolute Gasteiger partial charge is 0.353 e. The highest BCUT2D eigenvalue weighted by Gasteiger charge is 2.18. The van der Waals surface area contributed by atoms with Crippen LogP contribution in [0.2, 0.25) is 0 Å². The molecule has 0 aliphatic heterocycles. The first-order valence-corrected chi connectivity index (χ1v) is 13.3. The summed E-state index contributed by atoms with van der Waals surface area (Å²) in [4.78, 5) is 25.8. The first-order chi connectivity index (χ1) is 18.1. The Morgan fingerprint density at radius 3 is 2.38 bits per heavy atom. The van der Waals surface area contributed by atoms with E-state index in [2.05, 4.69) is 32.6 Å². The van der Waals surface area contributed by atoms with E-state index in [1.165, 1.54) is 19.3 Å². The van der Waals surface area contributed by atoms with Crippen molar-refractivity contribution in [2.45, 2.75) is 78.2 Å². The van der Waals surface area contributed by atoms with Crippen LogP contribution in [0.4, 0.5) is 0 Å². The molecular weight excluding hydrogens is 466 g/mol. The summed E-state index contributed by atoms with van der Waals surface area (Å²) in [6, 6.07) is 16.1. The molecule has 4 aromatic rings. The maximum atomic E-state index is 13.2. The van der Waals surface area contributed by atoms with Crippen LogP contribution in [0.1, 0.15) is 81.4 Å². The monoisotopic (exact) mass is 501 g/mol. The molecule has 0 fully saturated rings. The average Bonchev–Trinajstić information content (AvgIpc) is 3.57. The van der Waals surface area contributed by atoms with E-state index in [1.54, 1.807) is 4.57 Å². The Hall–Kier alpha value is -3.88. The molecule has 2 heterocycles. The second-order valence-electron chi connectivity index (χ2n) is 9.37. The number of hydrogen-bond donors (Lipinski definition) is 1. The number of H-pyrrole nitrogens is 1. The third-order valence-electron chi connectivity index (χ3n) is 6.52. The van der Waals surface area contributed by atoms with E-state index < -0.39 is 0 Å². The number of carbonyl (C=O) groups is 1. The number of nitrogens with zero attached hydrogens (tertiary/aromatic N) is 6. The van der Waals surface area contributed by atoms with Crippen LogP contribution in [0.25, 0.3) is 22.5 Å². The van der Waals surface area contributed by atoms with Crippen LogP contribution in [0, 0.1) is 0 Å². The molecular formula is C28H35N7O2. The lowest BCUT2D eigenvalue weighted by Gasteiger charge is -2.08. The maximum Gasteiger partial charge on any atom is 0.353 e. The zero-order valence-electron chi connectivity index (χ0n) is 21.7. The van der Waals surface area contributed by atoms with Crippen LogP contribution in [0.5, 0.6) is 0 Å². The van der Waals surface area contributed by atoms with E-state index in [0.29, 0.717) is 31.0 Å². The summed E-state index contributed by atoms with van der Waals surface area (Å²) in [6.45, 7) is 4.60. The standard InChI is InChI=1S/C28H35N7O2/c1-3-5-7-8-9-13-25-31-35(26(36)14-6-4-2)28(37)34(25)20-21-15-17-22(18-16-21)23-11-10-12-24(19-23)27-29-32-33-30-27/h10-12,15-19H,3-9,13-14,20H2,1-2H3,(H,29,30,32,33). The van der Waals surface area contributed by atoms with Gasteiger partial charge in [0.05, 0.1) is 6.54 Å². The molecule has 0 aliphatic carbocycles. The quantitative estimate of drug-likeness (QED) is 0.249. The molecule has 194 valence electrons. The minimum atomic E-state index is -0.346. The van der Waals surface area contributed by atoms with Crippen molar-refractivity contribution in [2.75, 3.05) is 0 Å². The highest BCUT2D eigenvalue weighted by Crippen LogP contribution is 2.24. The predicted molar refractivity (Wildman–Crippen MR) is 143 cm³/mol. The van der Waals surface area contributed by atoms with Crippen molar-refractivity contribution in [3.8, 4) is 22.5 Å². The van der Waals surface area contributed by atoms with Crippen molar-refractivity contribution in [2.24, 2.45) is 0 Å². The summed E-state index contributed by atoms with van der Waals surface area (Å²) in [5.74, 6) is 1.00. The van der Waals surface area contributed by atoms with Crippen LogP contribution < -0.4 is 5.69 Å². The SMILES string of the molecule is CCCCCCCc1nn(C(=O)CCCC)c(=O)n1Cc1ccc(-c2cccc(-c3nn[nH]n3)c2)cc1. The zero-order chi connectivity index (χ0) is 26.0. The average molecular weight is 502 g/mol. The van der Waals surface area contributed by atoms with Gasteiger partial charge in [-0.25, -0.2) is 4.79 Å². The van der Waals surface area contributed by atoms with Gasteiger partial charge in [0.2, 0.25) is 5.82 Å². The molecule has 0 unspecified atom stereocenters. The van der Waals surface area contributed by atoms with Crippen LogP contribution in [-0.2, 0) is 13.0 Å². The van der Waals surface area contributed by atoms with E-state index in [1.807, 2.05) is 55.5 Å². The van der Waals surface area contributed by atoms with Crippen molar-refractivity contribution in [1.82, 2.24) is 35.0 Å². The zero-order valence-corrected chi connectivity index (χ0v) is 21.7. The predicted octanol–water partition coefficient (Wildman–Crippen LogP) is 5.28. The van der Waals surface area contributed by atoms with Crippen LogP contribution >= 0.6 is 0 Å². The molecule has 9 nitrogen and oxygen atoms in total. The van der Waals surface area contributed by atoms with Gasteiger partial charge in [-0.3, -0.25) is 9.36 Å². The van der Waals surface area contributed by atoms with Crippen molar-refractivity contribution in [3.63, 3.8) is 0 Å². The van der Waals surface area contributed by atoms with E-state index in [9.17, 15) is 9.59 Å². The second kappa shape index (κ2) is 12.9. The molecule has 9 heteroatoms. The fourth-order valence-electron chi connectivity index (χ4n) is 4.37. The Morgan fingerprint density at radius 2 is 1.65 bits per heavy atom. The van der Waals surface area contributed by atoms with E-state index >= 15 is 0 Å². The van der Waals surface area contributed by atoms with Crippen LogP contribution in [0.15, 0.2) is 53.3 Å². The molecule has 0 spiro atoms. The normalized spacial score (nSPS) is 11.2. The maximum absolute atomic E-state index is 13.2. The number of rotatable bonds is 13. The van der Waals surface area contributed by atoms with Gasteiger partial charge in [0.15, 0.2) is 0 Å². The molecule has 1 N–H and O–H groups in total. The van der Waals surface area contributed by atoms with Gasteiger partial charge >= 0.3 is 5.69 Å². The number of aromatic amines is 1. The number of benzene rings is 2. The first-order valence-electron chi connectivity index (χ1n) is 13.3. The molecule has 0 saturated heterocycles. The Balaban J connectivity index is 1.53. The molecule has 0 aliphatic rings. The molecule has 0 bridgehead atoms. The number of hydrogen-bond acceptors (Lipinski definition) is 6. The van der Waals surface area contributed by atoms with Gasteiger partial charge in [0.1, 0.15) is 5.82 Å². The summed E-state index contributed by atoms with van der Waals surface area (Å²) < 4.78 is 2.74. The third kappa shape index (κ3) is 6.67. The molecule has 4 rings (SSSR count). The molecule has 0 radical (unpaired) electrons. The lowest BCUT2D eigenvalue weighted by molar-refractivity contribution is 0.0878. The minimum Gasteiger partial charge on any atom is -0.274 e. The Labute approximate surface area is 216 Å². The van der Waals surface area contributed by atoms with Gasteiger partial charge in [-0.1, -0.05) is 88.4 Å². The smallest absolute Gasteiger partial charge is 0.274 e. The lowest BCUT2D eigenvalue weighted by atomic mass is 10.0. The summed E-state index contributed by atoms with van der Waals surface area (Å²) in [6.07, 6.45) is 8.28. The summed E-state index contributed by atoms with van der Waals surface area (Å²) in [5, 5.41) is 18.7. The number of nitrogens with one attached hydrogen (secondary N) is 1. The number of tetrazole rings is 1. The summed E-state index contributed by atoms with van der Waals surface area (Å²) >= 11 is 0. The first kappa shape index (κ1) is 26.2. The van der Waals surface area contributed by atoms with Gasteiger partial charge in [-0.15, -0.1) is 20.0 Å². The van der Waals surface area contributed by atoms with Gasteiger partial charge in [-0.2, -0.15) is 5.21 Å². The number of unbranched alkanes of at least 4 members (excludes halogenated alkanes) is 5. The fourth-order valence-corrected chi connectivity index (χ4v) is 4.37. The highest BCUT2D eigenvalue weighted by atomic mass is 16.2. The van der Waals surface area contributed by atoms with Crippen molar-refractivity contribution >= 4 is 5.91 Å². The molecule has 0 saturated carbocycles. The number of aromatic nitrogens is 7. The van der Waals surface area contributed by atoms with Gasteiger partial charge < -0.3 is 0 Å². The molecule has 0 amide bonds. The fraction of sp³-hybridized carbons (Fsp3) is 0.429. The van der Waals surface area contributed by atoms with Crippen molar-refractivity contribution < 1.29 is 4.79 Å². The molecule has 2 aromatic heterocycles. The van der Waals surface area contributed by atoms with Crippen molar-refractivity contribution in [3.05, 3.63) is 70.4 Å². The van der Waals surface area contributed by atoms with Crippen LogP contribution in [0.3, 0.4) is 0 Å². The highest BCUT2D eigenvalue weighted by molar-refractivity contribution is 5.77. The van der Waals surface area contributed by atoms with E-state index in [4.69, 9.17) is 0 Å². The van der Waals surface area contributed by atoms with Crippen molar-refractivity contribution in [1.29, 1.82) is 0 Å². The Morgan fingerprint density at radius 1 is 0.892 bits per heavy atom. The molecule has 2 aromatic carbocycles. The Kier molecular flexibility index (Phi) is 9.13. The van der Waals surface area contributed by atoms with E-state index in [0.717, 1.165) is 52.6 Å². The summed E-state index contributed by atoms with van der Waals surface area (Å²) in [7, 11) is 0. The molecule has 0 atom stereocenters.